The Bertz CT molecular complexity index is 1080. The molecule has 0 aliphatic carbocycles. The third-order valence-electron chi connectivity index (χ3n) is 4.91. The van der Waals surface area contributed by atoms with E-state index >= 15 is 0 Å². The van der Waals surface area contributed by atoms with Gasteiger partial charge >= 0.3 is 0 Å². The number of likely N-dealkylation sites (tertiary alicyclic amines) is 1. The van der Waals surface area contributed by atoms with Crippen LogP contribution in [0.3, 0.4) is 0 Å². The molecule has 1 aliphatic heterocycles. The molecule has 5 heterocycles. The zero-order chi connectivity index (χ0) is 18.9. The molecule has 1 saturated heterocycles. The van der Waals surface area contributed by atoms with Gasteiger partial charge in [0, 0.05) is 30.1 Å². The molecule has 0 radical (unpaired) electrons. The second-order valence-corrected chi connectivity index (χ2v) is 7.49. The van der Waals surface area contributed by atoms with Crippen molar-refractivity contribution in [3.8, 4) is 11.4 Å². The van der Waals surface area contributed by atoms with Crippen molar-refractivity contribution >= 4 is 28.7 Å². The molecule has 4 aromatic rings. The monoisotopic (exact) mass is 394 g/mol. The van der Waals surface area contributed by atoms with Crippen LogP contribution in [0.15, 0.2) is 51.8 Å². The SMILES string of the molecule is O=C(c1ccco1)N1CCC(Nc2ccc3nnc(-c4ccsc4)n3n2)CC1. The molecule has 0 aromatic carbocycles. The van der Waals surface area contributed by atoms with E-state index < -0.39 is 0 Å². The highest BCUT2D eigenvalue weighted by Crippen LogP contribution is 2.22. The lowest BCUT2D eigenvalue weighted by atomic mass is 10.0. The molecule has 1 aliphatic rings. The Morgan fingerprint density at radius 1 is 1.18 bits per heavy atom. The summed E-state index contributed by atoms with van der Waals surface area (Å²) >= 11 is 1.62. The Hall–Kier alpha value is -3.20. The quantitative estimate of drug-likeness (QED) is 0.572. The van der Waals surface area contributed by atoms with E-state index in [0.29, 0.717) is 24.5 Å². The maximum absolute atomic E-state index is 12.4. The van der Waals surface area contributed by atoms with Gasteiger partial charge in [0.2, 0.25) is 0 Å². The molecule has 8 nitrogen and oxygen atoms in total. The molecule has 0 saturated carbocycles. The third-order valence-corrected chi connectivity index (χ3v) is 5.59. The first kappa shape index (κ1) is 16.9. The van der Waals surface area contributed by atoms with Crippen LogP contribution >= 0.6 is 11.3 Å². The highest BCUT2D eigenvalue weighted by molar-refractivity contribution is 7.08. The Labute approximate surface area is 164 Å². The highest BCUT2D eigenvalue weighted by Gasteiger charge is 2.25. The van der Waals surface area contributed by atoms with Crippen LogP contribution in [0.2, 0.25) is 0 Å². The van der Waals surface area contributed by atoms with Crippen LogP contribution < -0.4 is 5.32 Å². The smallest absolute Gasteiger partial charge is 0.289 e. The van der Waals surface area contributed by atoms with Crippen LogP contribution in [0.5, 0.6) is 0 Å². The summed E-state index contributed by atoms with van der Waals surface area (Å²) in [6, 6.07) is 9.53. The number of nitrogens with one attached hydrogen (secondary N) is 1. The summed E-state index contributed by atoms with van der Waals surface area (Å²) in [6.07, 6.45) is 3.23. The summed E-state index contributed by atoms with van der Waals surface area (Å²) in [6.45, 7) is 1.37. The summed E-state index contributed by atoms with van der Waals surface area (Å²) in [5.74, 6) is 1.86. The van der Waals surface area contributed by atoms with Crippen molar-refractivity contribution in [1.29, 1.82) is 0 Å². The average molecular weight is 394 g/mol. The second kappa shape index (κ2) is 7.08. The molecule has 9 heteroatoms. The number of anilines is 1. The van der Waals surface area contributed by atoms with Crippen LogP contribution in [0.1, 0.15) is 23.4 Å². The van der Waals surface area contributed by atoms with E-state index in [1.165, 1.54) is 6.26 Å². The van der Waals surface area contributed by atoms with Gasteiger partial charge in [0.1, 0.15) is 5.82 Å². The van der Waals surface area contributed by atoms with Gasteiger partial charge < -0.3 is 14.6 Å². The molecular weight excluding hydrogens is 376 g/mol. The minimum Gasteiger partial charge on any atom is -0.459 e. The number of carbonyl (C=O) groups excluding carboxylic acids is 1. The molecule has 142 valence electrons. The number of piperidine rings is 1. The van der Waals surface area contributed by atoms with Gasteiger partial charge in [-0.1, -0.05) is 0 Å². The van der Waals surface area contributed by atoms with Crippen molar-refractivity contribution in [3.05, 3.63) is 53.1 Å². The average Bonchev–Trinajstić information content (AvgIpc) is 3.48. The van der Waals surface area contributed by atoms with Gasteiger partial charge in [-0.2, -0.15) is 15.9 Å². The minimum absolute atomic E-state index is 0.0483. The van der Waals surface area contributed by atoms with Gasteiger partial charge in [0.25, 0.3) is 5.91 Å². The summed E-state index contributed by atoms with van der Waals surface area (Å²) < 4.78 is 6.98. The van der Waals surface area contributed by atoms with E-state index in [0.717, 1.165) is 30.0 Å². The number of hydrogen-bond acceptors (Lipinski definition) is 7. The lowest BCUT2D eigenvalue weighted by molar-refractivity contribution is 0.0686. The fourth-order valence-electron chi connectivity index (χ4n) is 3.43. The topological polar surface area (TPSA) is 88.6 Å². The Kier molecular flexibility index (Phi) is 4.28. The highest BCUT2D eigenvalue weighted by atomic mass is 32.1. The first-order chi connectivity index (χ1) is 13.8. The number of thiophene rings is 1. The summed E-state index contributed by atoms with van der Waals surface area (Å²) in [5.41, 5.74) is 1.72. The van der Waals surface area contributed by atoms with E-state index in [2.05, 4.69) is 20.6 Å². The van der Waals surface area contributed by atoms with Crippen molar-refractivity contribution in [3.63, 3.8) is 0 Å². The van der Waals surface area contributed by atoms with Crippen molar-refractivity contribution in [1.82, 2.24) is 24.7 Å². The summed E-state index contributed by atoms with van der Waals surface area (Å²) in [7, 11) is 0. The predicted molar refractivity (Wildman–Crippen MR) is 105 cm³/mol. The van der Waals surface area contributed by atoms with Crippen molar-refractivity contribution in [2.75, 3.05) is 18.4 Å². The lowest BCUT2D eigenvalue weighted by Gasteiger charge is -2.32. The molecule has 1 amide bonds. The second-order valence-electron chi connectivity index (χ2n) is 6.71. The van der Waals surface area contributed by atoms with E-state index in [1.807, 2.05) is 33.9 Å². The molecule has 5 rings (SSSR count). The van der Waals surface area contributed by atoms with Crippen LogP contribution in [-0.2, 0) is 0 Å². The van der Waals surface area contributed by atoms with E-state index in [9.17, 15) is 4.79 Å². The van der Waals surface area contributed by atoms with Gasteiger partial charge in [-0.3, -0.25) is 4.79 Å². The Morgan fingerprint density at radius 2 is 2.07 bits per heavy atom. The molecule has 1 N–H and O–H groups in total. The Morgan fingerprint density at radius 3 is 2.82 bits per heavy atom. The lowest BCUT2D eigenvalue weighted by Crippen LogP contribution is -2.42. The number of amides is 1. The predicted octanol–water partition coefficient (Wildman–Crippen LogP) is 3.16. The van der Waals surface area contributed by atoms with Crippen LogP contribution in [-0.4, -0.2) is 49.7 Å². The summed E-state index contributed by atoms with van der Waals surface area (Å²) in [5, 5.41) is 20.6. The van der Waals surface area contributed by atoms with E-state index in [4.69, 9.17) is 4.42 Å². The largest absolute Gasteiger partial charge is 0.459 e. The molecule has 0 spiro atoms. The van der Waals surface area contributed by atoms with Gasteiger partial charge in [-0.25, -0.2) is 0 Å². The fraction of sp³-hybridized carbons (Fsp3) is 0.263. The minimum atomic E-state index is -0.0483. The fourth-order valence-corrected chi connectivity index (χ4v) is 4.06. The zero-order valence-electron chi connectivity index (χ0n) is 15.0. The van der Waals surface area contributed by atoms with Gasteiger partial charge in [-0.05, 0) is 48.6 Å². The molecule has 0 bridgehead atoms. The maximum Gasteiger partial charge on any atom is 0.289 e. The van der Waals surface area contributed by atoms with E-state index in [-0.39, 0.29) is 11.9 Å². The number of nitrogens with zero attached hydrogens (tertiary/aromatic N) is 5. The van der Waals surface area contributed by atoms with Crippen molar-refractivity contribution in [2.24, 2.45) is 0 Å². The molecule has 0 unspecified atom stereocenters. The number of rotatable bonds is 4. The molecule has 4 aromatic heterocycles. The van der Waals surface area contributed by atoms with E-state index in [1.54, 1.807) is 28.0 Å². The first-order valence-corrected chi connectivity index (χ1v) is 10.1. The number of furan rings is 1. The van der Waals surface area contributed by atoms with Gasteiger partial charge in [0.05, 0.1) is 6.26 Å². The number of aromatic nitrogens is 4. The van der Waals surface area contributed by atoms with Gasteiger partial charge in [0.15, 0.2) is 17.2 Å². The Balaban J connectivity index is 1.27. The van der Waals surface area contributed by atoms with Gasteiger partial charge in [-0.15, -0.1) is 15.3 Å². The van der Waals surface area contributed by atoms with Crippen LogP contribution in [0.25, 0.3) is 17.0 Å². The molecular formula is C19H18N6O2S. The number of hydrogen-bond donors (Lipinski definition) is 1. The molecule has 1 fully saturated rings. The number of carbonyl (C=O) groups is 1. The molecule has 0 atom stereocenters. The van der Waals surface area contributed by atoms with Crippen LogP contribution in [0, 0.1) is 0 Å². The number of fused-ring (bicyclic) bond motifs is 1. The molecule has 28 heavy (non-hydrogen) atoms. The van der Waals surface area contributed by atoms with Crippen LogP contribution in [0.4, 0.5) is 5.82 Å². The third kappa shape index (κ3) is 3.13. The first-order valence-electron chi connectivity index (χ1n) is 9.12. The maximum atomic E-state index is 12.4. The van der Waals surface area contributed by atoms with Crippen molar-refractivity contribution in [2.45, 2.75) is 18.9 Å². The summed E-state index contributed by atoms with van der Waals surface area (Å²) in [4.78, 5) is 14.2. The standard InChI is InChI=1S/C19H18N6O2S/c26-19(15-2-1-10-27-15)24-8-5-14(6-9-24)20-16-3-4-17-21-22-18(25(17)23-16)13-7-11-28-12-13/h1-4,7,10-12,14H,5-6,8-9H2,(H,20,23). The normalized spacial score (nSPS) is 15.2. The van der Waals surface area contributed by atoms with Crippen molar-refractivity contribution < 1.29 is 9.21 Å². The zero-order valence-corrected chi connectivity index (χ0v) is 15.8.